The predicted molar refractivity (Wildman–Crippen MR) is 116 cm³/mol. The molecule has 0 spiro atoms. The summed E-state index contributed by atoms with van der Waals surface area (Å²) >= 11 is 0. The van der Waals surface area contributed by atoms with Gasteiger partial charge in [0.25, 0.3) is 0 Å². The molecule has 0 saturated carbocycles. The fourth-order valence-corrected chi connectivity index (χ4v) is 3.49. The molecule has 0 amide bonds. The summed E-state index contributed by atoms with van der Waals surface area (Å²) < 4.78 is 19.3. The number of nitrogens with one attached hydrogen (secondary N) is 1. The van der Waals surface area contributed by atoms with Crippen molar-refractivity contribution in [2.45, 2.75) is 26.1 Å². The van der Waals surface area contributed by atoms with Gasteiger partial charge in [-0.15, -0.1) is 0 Å². The first-order chi connectivity index (χ1) is 14.2. The second-order valence-electron chi connectivity index (χ2n) is 7.19. The molecule has 0 saturated heterocycles. The number of ether oxygens (including phenoxy) is 1. The van der Waals surface area contributed by atoms with E-state index in [9.17, 15) is 4.39 Å². The number of hydrogen-bond donors (Lipinski definition) is 1. The quantitative estimate of drug-likeness (QED) is 0.397. The maximum Gasteiger partial charge on any atom is 0.124 e. The molecule has 0 fully saturated rings. The molecular formula is C26H24FNO. The van der Waals surface area contributed by atoms with Crippen molar-refractivity contribution >= 4 is 10.8 Å². The van der Waals surface area contributed by atoms with Crippen molar-refractivity contribution in [3.05, 3.63) is 114 Å². The Morgan fingerprint density at radius 1 is 0.828 bits per heavy atom. The zero-order valence-corrected chi connectivity index (χ0v) is 16.4. The average Bonchev–Trinajstić information content (AvgIpc) is 2.78. The highest BCUT2D eigenvalue weighted by Crippen LogP contribution is 2.29. The van der Waals surface area contributed by atoms with Crippen molar-refractivity contribution in [2.75, 3.05) is 0 Å². The smallest absolute Gasteiger partial charge is 0.124 e. The van der Waals surface area contributed by atoms with Crippen molar-refractivity contribution in [2.24, 2.45) is 0 Å². The van der Waals surface area contributed by atoms with Gasteiger partial charge >= 0.3 is 0 Å². The van der Waals surface area contributed by atoms with Crippen LogP contribution >= 0.6 is 0 Å². The number of halogens is 1. The summed E-state index contributed by atoms with van der Waals surface area (Å²) in [7, 11) is 0. The molecule has 0 unspecified atom stereocenters. The van der Waals surface area contributed by atoms with Crippen LogP contribution in [0.5, 0.6) is 5.75 Å². The number of hydrogen-bond acceptors (Lipinski definition) is 2. The topological polar surface area (TPSA) is 21.3 Å². The maximum absolute atomic E-state index is 13.2. The second kappa shape index (κ2) is 8.89. The van der Waals surface area contributed by atoms with Crippen LogP contribution in [0, 0.1) is 5.82 Å². The first kappa shape index (κ1) is 19.2. The molecule has 0 aromatic heterocycles. The lowest BCUT2D eigenvalue weighted by Gasteiger charge is -2.18. The fourth-order valence-electron chi connectivity index (χ4n) is 3.49. The molecule has 3 heteroatoms. The molecule has 0 bridgehead atoms. The minimum absolute atomic E-state index is 0.222. The van der Waals surface area contributed by atoms with Gasteiger partial charge in [-0.25, -0.2) is 4.39 Å². The zero-order chi connectivity index (χ0) is 20.1. The van der Waals surface area contributed by atoms with Crippen LogP contribution in [0.2, 0.25) is 0 Å². The van der Waals surface area contributed by atoms with E-state index >= 15 is 0 Å². The van der Waals surface area contributed by atoms with E-state index < -0.39 is 0 Å². The molecular weight excluding hydrogens is 361 g/mol. The molecule has 0 heterocycles. The molecule has 146 valence electrons. The van der Waals surface area contributed by atoms with E-state index in [1.165, 1.54) is 28.5 Å². The third-order valence-electron chi connectivity index (χ3n) is 5.19. The van der Waals surface area contributed by atoms with Gasteiger partial charge in [-0.1, -0.05) is 72.8 Å². The van der Waals surface area contributed by atoms with E-state index in [1.54, 1.807) is 12.1 Å². The van der Waals surface area contributed by atoms with Crippen molar-refractivity contribution in [3.8, 4) is 5.75 Å². The van der Waals surface area contributed by atoms with Crippen molar-refractivity contribution in [3.63, 3.8) is 0 Å². The average molecular weight is 385 g/mol. The van der Waals surface area contributed by atoms with E-state index in [2.05, 4.69) is 60.8 Å². The predicted octanol–water partition coefficient (Wildman–Crippen LogP) is 6.41. The van der Waals surface area contributed by atoms with Gasteiger partial charge in [0, 0.05) is 18.2 Å². The third-order valence-corrected chi connectivity index (χ3v) is 5.19. The van der Waals surface area contributed by atoms with Crippen LogP contribution in [0.25, 0.3) is 10.8 Å². The lowest BCUT2D eigenvalue weighted by Crippen LogP contribution is -2.18. The zero-order valence-electron chi connectivity index (χ0n) is 16.4. The van der Waals surface area contributed by atoms with E-state index in [1.807, 2.05) is 18.2 Å². The molecule has 4 aromatic rings. The molecule has 4 aromatic carbocycles. The van der Waals surface area contributed by atoms with Crippen LogP contribution in [0.3, 0.4) is 0 Å². The standard InChI is InChI=1S/C26H24FNO/c1-19(21-7-3-2-4-8-21)28-17-25-24-10-6-5-9-22(24)13-16-26(25)29-18-20-11-14-23(27)15-12-20/h2-16,19,28H,17-18H2,1H3/t19-/m0/s1. The molecule has 0 aliphatic carbocycles. The van der Waals surface area contributed by atoms with E-state index in [4.69, 9.17) is 4.74 Å². The van der Waals surface area contributed by atoms with Gasteiger partial charge in [0.2, 0.25) is 0 Å². The summed E-state index contributed by atoms with van der Waals surface area (Å²) in [5.74, 6) is 0.611. The fraction of sp³-hybridized carbons (Fsp3) is 0.154. The minimum atomic E-state index is -0.237. The van der Waals surface area contributed by atoms with Crippen LogP contribution < -0.4 is 10.1 Å². The highest BCUT2D eigenvalue weighted by Gasteiger charge is 2.12. The Morgan fingerprint density at radius 2 is 1.55 bits per heavy atom. The van der Waals surface area contributed by atoms with Gasteiger partial charge in [0.15, 0.2) is 0 Å². The largest absolute Gasteiger partial charge is 0.489 e. The molecule has 4 rings (SSSR count). The Kier molecular flexibility index (Phi) is 5.87. The third kappa shape index (κ3) is 4.64. The molecule has 0 aliphatic heterocycles. The Morgan fingerprint density at radius 3 is 2.34 bits per heavy atom. The number of fused-ring (bicyclic) bond motifs is 1. The highest BCUT2D eigenvalue weighted by molar-refractivity contribution is 5.87. The van der Waals surface area contributed by atoms with Crippen LogP contribution in [0.15, 0.2) is 91.0 Å². The summed E-state index contributed by atoms with van der Waals surface area (Å²) in [6.45, 7) is 3.26. The minimum Gasteiger partial charge on any atom is -0.489 e. The van der Waals surface area contributed by atoms with Crippen LogP contribution in [0.4, 0.5) is 4.39 Å². The van der Waals surface area contributed by atoms with E-state index in [0.717, 1.165) is 16.9 Å². The first-order valence-electron chi connectivity index (χ1n) is 9.87. The lowest BCUT2D eigenvalue weighted by atomic mass is 10.0. The van der Waals surface area contributed by atoms with Gasteiger partial charge in [-0.2, -0.15) is 0 Å². The Hall–Kier alpha value is -3.17. The molecule has 1 atom stereocenters. The Bertz CT molecular complexity index is 1080. The van der Waals surface area contributed by atoms with Gasteiger partial charge in [0.05, 0.1) is 0 Å². The SMILES string of the molecule is C[C@H](NCc1c(OCc2ccc(F)cc2)ccc2ccccc12)c1ccccc1. The molecule has 0 aliphatic rings. The van der Waals surface area contributed by atoms with Crippen LogP contribution in [-0.4, -0.2) is 0 Å². The van der Waals surface area contributed by atoms with Gasteiger partial charge < -0.3 is 10.1 Å². The molecule has 0 radical (unpaired) electrons. The Balaban J connectivity index is 1.57. The highest BCUT2D eigenvalue weighted by atomic mass is 19.1. The summed E-state index contributed by atoms with van der Waals surface area (Å²) in [6, 6.07) is 29.5. The van der Waals surface area contributed by atoms with Crippen molar-refractivity contribution < 1.29 is 9.13 Å². The van der Waals surface area contributed by atoms with Crippen LogP contribution in [-0.2, 0) is 13.2 Å². The summed E-state index contributed by atoms with van der Waals surface area (Å²) in [6.07, 6.45) is 0. The van der Waals surface area contributed by atoms with Gasteiger partial charge in [-0.3, -0.25) is 0 Å². The first-order valence-corrected chi connectivity index (χ1v) is 9.87. The number of benzene rings is 4. The summed E-state index contributed by atoms with van der Waals surface area (Å²) in [5.41, 5.74) is 3.32. The van der Waals surface area contributed by atoms with E-state index in [0.29, 0.717) is 13.2 Å². The maximum atomic E-state index is 13.2. The molecule has 2 nitrogen and oxygen atoms in total. The monoisotopic (exact) mass is 385 g/mol. The van der Waals surface area contributed by atoms with E-state index in [-0.39, 0.29) is 11.9 Å². The van der Waals surface area contributed by atoms with Gasteiger partial charge in [0.1, 0.15) is 18.2 Å². The number of rotatable bonds is 7. The van der Waals surface area contributed by atoms with Crippen LogP contribution in [0.1, 0.15) is 29.7 Å². The van der Waals surface area contributed by atoms with Crippen molar-refractivity contribution in [1.29, 1.82) is 0 Å². The molecule has 1 N–H and O–H groups in total. The van der Waals surface area contributed by atoms with Crippen molar-refractivity contribution in [1.82, 2.24) is 5.32 Å². The van der Waals surface area contributed by atoms with Gasteiger partial charge in [-0.05, 0) is 47.0 Å². The molecule has 29 heavy (non-hydrogen) atoms. The summed E-state index contributed by atoms with van der Waals surface area (Å²) in [5, 5.41) is 5.99. The normalized spacial score (nSPS) is 12.1. The second-order valence-corrected chi connectivity index (χ2v) is 7.19. The lowest BCUT2D eigenvalue weighted by molar-refractivity contribution is 0.302. The Labute approximate surface area is 171 Å². The summed E-state index contributed by atoms with van der Waals surface area (Å²) in [4.78, 5) is 0.